The van der Waals surface area contributed by atoms with Gasteiger partial charge in [0, 0.05) is 31.4 Å². The lowest BCUT2D eigenvalue weighted by Crippen LogP contribution is -2.43. The van der Waals surface area contributed by atoms with Crippen LogP contribution >= 0.6 is 0 Å². The number of hydrogen-bond donors (Lipinski definition) is 1. The number of hydrogen-bond acceptors (Lipinski definition) is 3. The second-order valence-electron chi connectivity index (χ2n) is 4.58. The zero-order valence-electron chi connectivity index (χ0n) is 9.04. The zero-order valence-corrected chi connectivity index (χ0v) is 9.04. The molecule has 0 aromatic carbocycles. The Hall–Kier alpha value is -1.30. The van der Waals surface area contributed by atoms with Gasteiger partial charge in [0.2, 0.25) is 0 Å². The Morgan fingerprint density at radius 3 is 2.76 bits per heavy atom. The Morgan fingerprint density at radius 2 is 2.18 bits per heavy atom. The summed E-state index contributed by atoms with van der Waals surface area (Å²) in [5, 5.41) is 3.32. The lowest BCUT2D eigenvalue weighted by molar-refractivity contribution is -0.137. The van der Waals surface area contributed by atoms with Crippen LogP contribution in [0.1, 0.15) is 12.0 Å². The van der Waals surface area contributed by atoms with E-state index in [1.165, 1.54) is 12.3 Å². The maximum atomic E-state index is 12.6. The van der Waals surface area contributed by atoms with Crippen molar-refractivity contribution in [3.8, 4) is 0 Å². The van der Waals surface area contributed by atoms with Crippen LogP contribution in [0, 0.1) is 0 Å². The first-order valence-corrected chi connectivity index (χ1v) is 5.56. The van der Waals surface area contributed by atoms with Crippen molar-refractivity contribution in [2.45, 2.75) is 24.7 Å². The fraction of sp³-hybridized carbons (Fsp3) is 0.545. The molecule has 2 aliphatic heterocycles. The summed E-state index contributed by atoms with van der Waals surface area (Å²) in [7, 11) is 0. The molecule has 2 saturated heterocycles. The van der Waals surface area contributed by atoms with Crippen molar-refractivity contribution < 1.29 is 13.2 Å². The van der Waals surface area contributed by atoms with Gasteiger partial charge in [0.15, 0.2) is 0 Å². The van der Waals surface area contributed by atoms with Gasteiger partial charge in [-0.3, -0.25) is 4.98 Å². The lowest BCUT2D eigenvalue weighted by atomic mass is 10.2. The highest BCUT2D eigenvalue weighted by molar-refractivity contribution is 5.50. The third kappa shape index (κ3) is 1.86. The van der Waals surface area contributed by atoms with Crippen LogP contribution in [0.2, 0.25) is 0 Å². The molecule has 0 spiro atoms. The Balaban J connectivity index is 1.89. The van der Waals surface area contributed by atoms with Gasteiger partial charge in [-0.15, -0.1) is 0 Å². The molecule has 2 aliphatic rings. The number of anilines is 1. The zero-order chi connectivity index (χ0) is 12.0. The lowest BCUT2D eigenvalue weighted by Gasteiger charge is -2.29. The number of rotatable bonds is 1. The number of aromatic nitrogens is 1. The molecule has 3 nitrogen and oxygen atoms in total. The van der Waals surface area contributed by atoms with Crippen LogP contribution in [0.4, 0.5) is 18.9 Å². The monoisotopic (exact) mass is 243 g/mol. The van der Waals surface area contributed by atoms with Gasteiger partial charge in [-0.2, -0.15) is 13.2 Å². The van der Waals surface area contributed by atoms with E-state index in [2.05, 4.69) is 10.3 Å². The minimum absolute atomic E-state index is 0.310. The second kappa shape index (κ2) is 3.60. The minimum Gasteiger partial charge on any atom is -0.364 e. The van der Waals surface area contributed by atoms with E-state index in [0.717, 1.165) is 25.7 Å². The summed E-state index contributed by atoms with van der Waals surface area (Å²) in [6.07, 6.45) is -0.928. The van der Waals surface area contributed by atoms with E-state index in [9.17, 15) is 13.2 Å². The Bertz CT molecular complexity index is 432. The summed E-state index contributed by atoms with van der Waals surface area (Å²) in [5.41, 5.74) is -0.0976. The highest BCUT2D eigenvalue weighted by Crippen LogP contribution is 2.34. The third-order valence-electron chi connectivity index (χ3n) is 3.44. The van der Waals surface area contributed by atoms with Crippen LogP contribution in [0.15, 0.2) is 18.5 Å². The van der Waals surface area contributed by atoms with E-state index in [4.69, 9.17) is 0 Å². The summed E-state index contributed by atoms with van der Waals surface area (Å²) >= 11 is 0. The highest BCUT2D eigenvalue weighted by atomic mass is 19.4. The standard InChI is InChI=1S/C11H12F3N3/c12-11(13,14)7-1-9(4-15-3-7)17-6-8-2-10(17)5-16-8/h1,3-4,8,10,16H,2,5-6H2/t8-,10-/m1/s1. The van der Waals surface area contributed by atoms with E-state index in [1.807, 2.05) is 4.90 Å². The fourth-order valence-corrected chi connectivity index (χ4v) is 2.62. The molecule has 0 unspecified atom stereocenters. The number of alkyl halides is 3. The molecule has 1 aromatic heterocycles. The van der Waals surface area contributed by atoms with Crippen LogP contribution in [0.5, 0.6) is 0 Å². The van der Waals surface area contributed by atoms with Crippen molar-refractivity contribution in [2.75, 3.05) is 18.0 Å². The number of fused-ring (bicyclic) bond motifs is 2. The number of nitrogens with one attached hydrogen (secondary N) is 1. The SMILES string of the molecule is FC(F)(F)c1cncc(N2C[C@H]3C[C@@H]2CN3)c1. The van der Waals surface area contributed by atoms with Gasteiger partial charge in [0.1, 0.15) is 0 Å². The number of nitrogens with zero attached hydrogens (tertiary/aromatic N) is 2. The van der Waals surface area contributed by atoms with Gasteiger partial charge in [0.05, 0.1) is 17.4 Å². The molecule has 92 valence electrons. The maximum Gasteiger partial charge on any atom is 0.417 e. The number of piperazine rings is 1. The molecule has 3 heterocycles. The minimum atomic E-state index is -4.32. The van der Waals surface area contributed by atoms with Gasteiger partial charge in [0.25, 0.3) is 0 Å². The van der Waals surface area contributed by atoms with Crippen molar-refractivity contribution >= 4 is 5.69 Å². The van der Waals surface area contributed by atoms with Crippen molar-refractivity contribution in [3.63, 3.8) is 0 Å². The van der Waals surface area contributed by atoms with E-state index in [-0.39, 0.29) is 0 Å². The molecule has 17 heavy (non-hydrogen) atoms. The molecule has 0 saturated carbocycles. The molecule has 6 heteroatoms. The first-order valence-electron chi connectivity index (χ1n) is 5.56. The summed E-state index contributed by atoms with van der Waals surface area (Å²) in [5.74, 6) is 0. The quantitative estimate of drug-likeness (QED) is 0.813. The normalized spacial score (nSPS) is 27.8. The molecule has 3 rings (SSSR count). The molecule has 2 fully saturated rings. The summed E-state index contributed by atoms with van der Waals surface area (Å²) < 4.78 is 37.7. The molecule has 1 N–H and O–H groups in total. The molecule has 2 bridgehead atoms. The third-order valence-corrected chi connectivity index (χ3v) is 3.44. The van der Waals surface area contributed by atoms with Crippen LogP contribution < -0.4 is 10.2 Å². The number of halogens is 3. The van der Waals surface area contributed by atoms with Crippen molar-refractivity contribution in [2.24, 2.45) is 0 Å². The van der Waals surface area contributed by atoms with E-state index >= 15 is 0 Å². The first-order chi connectivity index (χ1) is 8.04. The average molecular weight is 243 g/mol. The maximum absolute atomic E-state index is 12.6. The predicted octanol–water partition coefficient (Wildman–Crippen LogP) is 1.65. The topological polar surface area (TPSA) is 28.2 Å². The van der Waals surface area contributed by atoms with Crippen LogP contribution in [0.25, 0.3) is 0 Å². The van der Waals surface area contributed by atoms with Gasteiger partial charge in [-0.25, -0.2) is 0 Å². The molecular weight excluding hydrogens is 231 g/mol. The summed E-state index contributed by atoms with van der Waals surface area (Å²) in [4.78, 5) is 5.71. The molecule has 1 aromatic rings. The average Bonchev–Trinajstić information content (AvgIpc) is 2.89. The first kappa shape index (κ1) is 10.8. The molecule has 0 radical (unpaired) electrons. The van der Waals surface area contributed by atoms with Gasteiger partial charge < -0.3 is 10.2 Å². The van der Waals surface area contributed by atoms with Crippen molar-refractivity contribution in [3.05, 3.63) is 24.0 Å². The van der Waals surface area contributed by atoms with Crippen molar-refractivity contribution in [1.29, 1.82) is 0 Å². The van der Waals surface area contributed by atoms with Gasteiger partial charge in [-0.05, 0) is 12.5 Å². The Kier molecular flexibility index (Phi) is 2.29. The smallest absolute Gasteiger partial charge is 0.364 e. The van der Waals surface area contributed by atoms with E-state index in [1.54, 1.807) is 0 Å². The molecule has 2 atom stereocenters. The largest absolute Gasteiger partial charge is 0.417 e. The van der Waals surface area contributed by atoms with Crippen LogP contribution in [-0.4, -0.2) is 30.2 Å². The van der Waals surface area contributed by atoms with Crippen LogP contribution in [-0.2, 0) is 6.18 Å². The van der Waals surface area contributed by atoms with Gasteiger partial charge >= 0.3 is 6.18 Å². The molecular formula is C11H12F3N3. The van der Waals surface area contributed by atoms with Gasteiger partial charge in [-0.1, -0.05) is 0 Å². The Labute approximate surface area is 96.6 Å². The highest BCUT2D eigenvalue weighted by Gasteiger charge is 2.38. The molecule has 0 amide bonds. The second-order valence-corrected chi connectivity index (χ2v) is 4.58. The summed E-state index contributed by atoms with van der Waals surface area (Å²) in [6.45, 7) is 1.62. The summed E-state index contributed by atoms with van der Waals surface area (Å²) in [6, 6.07) is 1.91. The van der Waals surface area contributed by atoms with E-state index < -0.39 is 11.7 Å². The van der Waals surface area contributed by atoms with Crippen LogP contribution in [0.3, 0.4) is 0 Å². The fourth-order valence-electron chi connectivity index (χ4n) is 2.62. The van der Waals surface area contributed by atoms with Crippen molar-refractivity contribution in [1.82, 2.24) is 10.3 Å². The Morgan fingerprint density at radius 1 is 1.35 bits per heavy atom. The number of pyridine rings is 1. The van der Waals surface area contributed by atoms with E-state index in [0.29, 0.717) is 17.8 Å². The molecule has 0 aliphatic carbocycles. The predicted molar refractivity (Wildman–Crippen MR) is 56.8 cm³/mol.